The normalized spacial score (nSPS) is 11.4. The number of hydrogen-bond acceptors (Lipinski definition) is 3. The van der Waals surface area contributed by atoms with Crippen molar-refractivity contribution in [3.63, 3.8) is 0 Å². The smallest absolute Gasteiger partial charge is 0.319 e. The van der Waals surface area contributed by atoms with E-state index in [1.54, 1.807) is 19.9 Å². The second-order valence-electron chi connectivity index (χ2n) is 5.06. The van der Waals surface area contributed by atoms with Crippen LogP contribution in [0.5, 0.6) is 0 Å². The first-order valence-corrected chi connectivity index (χ1v) is 6.88. The zero-order valence-corrected chi connectivity index (χ0v) is 12.4. The average molecular weight is 281 g/mol. The Labute approximate surface area is 117 Å². The number of carboxylic acid groups (broad SMARTS) is 1. The van der Waals surface area contributed by atoms with Gasteiger partial charge in [-0.25, -0.2) is 0 Å². The van der Waals surface area contributed by atoms with Gasteiger partial charge in [-0.15, -0.1) is 11.8 Å². The summed E-state index contributed by atoms with van der Waals surface area (Å²) in [6.07, 6.45) is 0. The Morgan fingerprint density at radius 2 is 1.84 bits per heavy atom. The van der Waals surface area contributed by atoms with Crippen molar-refractivity contribution >= 4 is 29.3 Å². The number of thioether (sulfide) groups is 1. The summed E-state index contributed by atoms with van der Waals surface area (Å²) in [7, 11) is 0. The lowest BCUT2D eigenvalue weighted by Gasteiger charge is -2.20. The molecule has 0 saturated heterocycles. The number of rotatable bonds is 5. The third-order valence-electron chi connectivity index (χ3n) is 2.55. The predicted molar refractivity (Wildman–Crippen MR) is 77.5 cm³/mol. The van der Waals surface area contributed by atoms with E-state index >= 15 is 0 Å². The summed E-state index contributed by atoms with van der Waals surface area (Å²) in [5, 5.41) is 12.0. The molecule has 1 aromatic carbocycles. The third kappa shape index (κ3) is 4.28. The molecule has 4 nitrogen and oxygen atoms in total. The molecule has 1 amide bonds. The van der Waals surface area contributed by atoms with Gasteiger partial charge in [-0.2, -0.15) is 0 Å². The van der Waals surface area contributed by atoms with Gasteiger partial charge >= 0.3 is 5.97 Å². The van der Waals surface area contributed by atoms with Crippen LogP contribution in [0.25, 0.3) is 0 Å². The molecule has 0 radical (unpaired) electrons. The number of benzene rings is 1. The lowest BCUT2D eigenvalue weighted by molar-refractivity contribution is -0.138. The Balaban J connectivity index is 2.97. The molecule has 0 unspecified atom stereocenters. The van der Waals surface area contributed by atoms with E-state index in [9.17, 15) is 9.59 Å². The molecule has 0 aromatic heterocycles. The molecule has 5 heteroatoms. The molecule has 0 spiro atoms. The summed E-state index contributed by atoms with van der Waals surface area (Å²) in [5.74, 6) is -1.09. The minimum Gasteiger partial charge on any atom is -0.480 e. The molecule has 1 rings (SSSR count). The van der Waals surface area contributed by atoms with Crippen molar-refractivity contribution in [3.8, 4) is 0 Å². The van der Waals surface area contributed by atoms with Crippen molar-refractivity contribution in [1.82, 2.24) is 0 Å². The number of para-hydroxylation sites is 1. The van der Waals surface area contributed by atoms with Gasteiger partial charge in [-0.1, -0.05) is 26.0 Å². The summed E-state index contributed by atoms with van der Waals surface area (Å²) in [6, 6.07) is 7.23. The zero-order chi connectivity index (χ0) is 14.6. The van der Waals surface area contributed by atoms with Gasteiger partial charge < -0.3 is 10.4 Å². The summed E-state index contributed by atoms with van der Waals surface area (Å²) in [6.45, 7) is 6.90. The highest BCUT2D eigenvalue weighted by Crippen LogP contribution is 2.37. The average Bonchev–Trinajstić information content (AvgIpc) is 2.30. The molecule has 0 saturated carbocycles. The topological polar surface area (TPSA) is 66.4 Å². The van der Waals surface area contributed by atoms with Gasteiger partial charge in [-0.05, 0) is 26.0 Å². The number of aliphatic carboxylic acids is 1. The van der Waals surface area contributed by atoms with Crippen LogP contribution in [-0.2, 0) is 9.59 Å². The number of hydrogen-bond donors (Lipinski definition) is 2. The van der Waals surface area contributed by atoms with Gasteiger partial charge in [-0.3, -0.25) is 9.59 Å². The number of anilines is 1. The van der Waals surface area contributed by atoms with Crippen LogP contribution in [0.15, 0.2) is 29.2 Å². The molecule has 0 aliphatic carbocycles. The van der Waals surface area contributed by atoms with Crippen LogP contribution < -0.4 is 5.32 Å². The predicted octanol–water partition coefficient (Wildman–Crippen LogP) is 3.24. The van der Waals surface area contributed by atoms with E-state index in [2.05, 4.69) is 5.32 Å². The molecule has 104 valence electrons. The molecule has 0 bridgehead atoms. The van der Waals surface area contributed by atoms with Gasteiger partial charge in [0.2, 0.25) is 5.91 Å². The third-order valence-corrected chi connectivity index (χ3v) is 3.81. The second-order valence-corrected chi connectivity index (χ2v) is 6.72. The van der Waals surface area contributed by atoms with Crippen molar-refractivity contribution < 1.29 is 14.7 Å². The van der Waals surface area contributed by atoms with Crippen LogP contribution in [0.2, 0.25) is 0 Å². The van der Waals surface area contributed by atoms with Gasteiger partial charge in [0.15, 0.2) is 0 Å². The quantitative estimate of drug-likeness (QED) is 0.813. The Morgan fingerprint density at radius 3 is 2.37 bits per heavy atom. The fourth-order valence-electron chi connectivity index (χ4n) is 1.25. The minimum absolute atomic E-state index is 0.0822. The molecule has 19 heavy (non-hydrogen) atoms. The van der Waals surface area contributed by atoms with Crippen LogP contribution in [0, 0.1) is 5.92 Å². The Hall–Kier alpha value is -1.49. The molecule has 0 aliphatic rings. The molecular weight excluding hydrogens is 262 g/mol. The Bertz CT molecular complexity index is 483. The molecule has 2 N–H and O–H groups in total. The first-order chi connectivity index (χ1) is 8.74. The maximum atomic E-state index is 11.7. The largest absolute Gasteiger partial charge is 0.480 e. The zero-order valence-electron chi connectivity index (χ0n) is 11.6. The van der Waals surface area contributed by atoms with Gasteiger partial charge in [0, 0.05) is 10.8 Å². The van der Waals surface area contributed by atoms with Crippen LogP contribution in [0.1, 0.15) is 27.7 Å². The molecule has 0 atom stereocenters. The number of carbonyl (C=O) groups is 2. The van der Waals surface area contributed by atoms with E-state index < -0.39 is 10.7 Å². The van der Waals surface area contributed by atoms with Crippen LogP contribution in [0.3, 0.4) is 0 Å². The Morgan fingerprint density at radius 1 is 1.26 bits per heavy atom. The number of nitrogens with one attached hydrogen (secondary N) is 1. The molecule has 0 fully saturated rings. The fourth-order valence-corrected chi connectivity index (χ4v) is 2.27. The molecular formula is C14H19NO3S. The second kappa shape index (κ2) is 6.10. The number of amides is 1. The van der Waals surface area contributed by atoms with Gasteiger partial charge in [0.05, 0.1) is 5.69 Å². The first-order valence-electron chi connectivity index (χ1n) is 6.06. The summed E-state index contributed by atoms with van der Waals surface area (Å²) in [5.41, 5.74) is 0.653. The van der Waals surface area contributed by atoms with Crippen LogP contribution in [0.4, 0.5) is 5.69 Å². The van der Waals surface area contributed by atoms with Gasteiger partial charge in [0.25, 0.3) is 0 Å². The van der Waals surface area contributed by atoms with Crippen molar-refractivity contribution in [2.75, 3.05) is 5.32 Å². The lowest BCUT2D eigenvalue weighted by atomic mass is 10.2. The Kier molecular flexibility index (Phi) is 5.00. The fraction of sp³-hybridized carbons (Fsp3) is 0.429. The molecule has 0 aliphatic heterocycles. The summed E-state index contributed by atoms with van der Waals surface area (Å²) >= 11 is 1.22. The maximum Gasteiger partial charge on any atom is 0.319 e. The van der Waals surface area contributed by atoms with Crippen molar-refractivity contribution in [1.29, 1.82) is 0 Å². The van der Waals surface area contributed by atoms with E-state index in [1.807, 2.05) is 32.0 Å². The van der Waals surface area contributed by atoms with E-state index in [0.29, 0.717) is 5.69 Å². The number of carboxylic acids is 1. The van der Waals surface area contributed by atoms with Crippen molar-refractivity contribution in [3.05, 3.63) is 24.3 Å². The van der Waals surface area contributed by atoms with Crippen molar-refractivity contribution in [2.45, 2.75) is 37.3 Å². The molecule has 0 heterocycles. The highest BCUT2D eigenvalue weighted by atomic mass is 32.2. The summed E-state index contributed by atoms with van der Waals surface area (Å²) in [4.78, 5) is 23.6. The first kappa shape index (κ1) is 15.6. The van der Waals surface area contributed by atoms with E-state index in [4.69, 9.17) is 5.11 Å². The van der Waals surface area contributed by atoms with E-state index in [1.165, 1.54) is 11.8 Å². The van der Waals surface area contributed by atoms with Gasteiger partial charge in [0.1, 0.15) is 4.75 Å². The van der Waals surface area contributed by atoms with Crippen molar-refractivity contribution in [2.24, 2.45) is 5.92 Å². The minimum atomic E-state index is -0.946. The molecule has 1 aromatic rings. The highest BCUT2D eigenvalue weighted by molar-refractivity contribution is 8.01. The standard InChI is InChI=1S/C14H19NO3S/c1-9(2)12(16)15-10-7-5-6-8-11(10)19-14(3,4)13(17)18/h5-9H,1-4H3,(H,15,16)(H,17,18). The van der Waals surface area contributed by atoms with E-state index in [-0.39, 0.29) is 11.8 Å². The van der Waals surface area contributed by atoms with Crippen LogP contribution >= 0.6 is 11.8 Å². The maximum absolute atomic E-state index is 11.7. The van der Waals surface area contributed by atoms with Crippen LogP contribution in [-0.4, -0.2) is 21.7 Å². The van der Waals surface area contributed by atoms with E-state index in [0.717, 1.165) is 4.90 Å². The monoisotopic (exact) mass is 281 g/mol. The number of carbonyl (C=O) groups excluding carboxylic acids is 1. The summed E-state index contributed by atoms with van der Waals surface area (Å²) < 4.78 is -0.946. The lowest BCUT2D eigenvalue weighted by Crippen LogP contribution is -2.27. The SMILES string of the molecule is CC(C)C(=O)Nc1ccccc1SC(C)(C)C(=O)O. The highest BCUT2D eigenvalue weighted by Gasteiger charge is 2.29.